The normalized spacial score (nSPS) is 33.1. The number of amides is 1. The summed E-state index contributed by atoms with van der Waals surface area (Å²) in [5, 5.41) is 3.01. The highest BCUT2D eigenvalue weighted by molar-refractivity contribution is 5.76. The molecule has 0 radical (unpaired) electrons. The molecule has 1 heterocycles. The second-order valence-electron chi connectivity index (χ2n) is 6.04. The van der Waals surface area contributed by atoms with Gasteiger partial charge in [-0.2, -0.15) is 0 Å². The van der Waals surface area contributed by atoms with Gasteiger partial charge in [0.05, 0.1) is 12.7 Å². The maximum atomic E-state index is 11.9. The molecule has 1 saturated heterocycles. The Morgan fingerprint density at radius 3 is 2.79 bits per heavy atom. The van der Waals surface area contributed by atoms with Crippen molar-refractivity contribution >= 4 is 5.91 Å². The number of morpholine rings is 1. The molecular weight excluding hydrogens is 242 g/mol. The van der Waals surface area contributed by atoms with Crippen molar-refractivity contribution in [2.75, 3.05) is 33.3 Å². The third-order valence-corrected chi connectivity index (χ3v) is 4.23. The SMILES string of the molecule is CN1CCOC(CNC(=O)CC2CCC(N)CC2)C1. The minimum Gasteiger partial charge on any atom is -0.374 e. The van der Waals surface area contributed by atoms with Crippen molar-refractivity contribution in [3.63, 3.8) is 0 Å². The Labute approximate surface area is 115 Å². The molecule has 1 aliphatic carbocycles. The van der Waals surface area contributed by atoms with Crippen LogP contribution in [0.15, 0.2) is 0 Å². The van der Waals surface area contributed by atoms with E-state index < -0.39 is 0 Å². The number of rotatable bonds is 4. The van der Waals surface area contributed by atoms with Crippen LogP contribution in [0.1, 0.15) is 32.1 Å². The van der Waals surface area contributed by atoms with Gasteiger partial charge in [-0.3, -0.25) is 4.79 Å². The van der Waals surface area contributed by atoms with Gasteiger partial charge in [-0.15, -0.1) is 0 Å². The van der Waals surface area contributed by atoms with E-state index in [1.165, 1.54) is 0 Å². The second kappa shape index (κ2) is 7.22. The van der Waals surface area contributed by atoms with Crippen molar-refractivity contribution in [3.05, 3.63) is 0 Å². The summed E-state index contributed by atoms with van der Waals surface area (Å²) in [6.45, 7) is 3.28. The van der Waals surface area contributed by atoms with Crippen molar-refractivity contribution in [3.8, 4) is 0 Å². The molecule has 2 aliphatic rings. The van der Waals surface area contributed by atoms with E-state index in [1.54, 1.807) is 0 Å². The van der Waals surface area contributed by atoms with Gasteiger partial charge in [0, 0.05) is 32.1 Å². The Bertz CT molecular complexity index is 290. The Morgan fingerprint density at radius 1 is 1.37 bits per heavy atom. The lowest BCUT2D eigenvalue weighted by molar-refractivity contribution is -0.123. The lowest BCUT2D eigenvalue weighted by atomic mass is 9.84. The lowest BCUT2D eigenvalue weighted by Crippen LogP contribution is -2.46. The number of carbonyl (C=O) groups excluding carboxylic acids is 1. The van der Waals surface area contributed by atoms with Gasteiger partial charge >= 0.3 is 0 Å². The maximum Gasteiger partial charge on any atom is 0.220 e. The standard InChI is InChI=1S/C14H27N3O2/c1-17-6-7-19-13(10-17)9-16-14(18)8-11-2-4-12(15)5-3-11/h11-13H,2-10,15H2,1H3,(H,16,18). The second-order valence-corrected chi connectivity index (χ2v) is 6.04. The number of nitrogens with zero attached hydrogens (tertiary/aromatic N) is 1. The summed E-state index contributed by atoms with van der Waals surface area (Å²) in [6, 6.07) is 0.352. The molecule has 19 heavy (non-hydrogen) atoms. The topological polar surface area (TPSA) is 67.6 Å². The van der Waals surface area contributed by atoms with Gasteiger partial charge in [0.2, 0.25) is 5.91 Å². The van der Waals surface area contributed by atoms with Crippen LogP contribution < -0.4 is 11.1 Å². The van der Waals surface area contributed by atoms with Crippen LogP contribution in [0, 0.1) is 5.92 Å². The number of likely N-dealkylation sites (N-methyl/N-ethyl adjacent to an activating group) is 1. The van der Waals surface area contributed by atoms with Gasteiger partial charge in [0.1, 0.15) is 0 Å². The van der Waals surface area contributed by atoms with Gasteiger partial charge in [-0.05, 0) is 38.6 Å². The van der Waals surface area contributed by atoms with Gasteiger partial charge < -0.3 is 20.7 Å². The maximum absolute atomic E-state index is 11.9. The fourth-order valence-corrected chi connectivity index (χ4v) is 2.94. The highest BCUT2D eigenvalue weighted by Gasteiger charge is 2.22. The van der Waals surface area contributed by atoms with Gasteiger partial charge in [-0.1, -0.05) is 0 Å². The molecule has 1 saturated carbocycles. The number of nitrogens with two attached hydrogens (primary N) is 1. The first kappa shape index (κ1) is 14.8. The molecule has 1 amide bonds. The zero-order valence-corrected chi connectivity index (χ0v) is 11.9. The predicted octanol–water partition coefficient (Wildman–Crippen LogP) is 0.341. The summed E-state index contributed by atoms with van der Waals surface area (Å²) in [4.78, 5) is 14.1. The number of nitrogens with one attached hydrogen (secondary N) is 1. The fraction of sp³-hybridized carbons (Fsp3) is 0.929. The van der Waals surface area contributed by atoms with Crippen molar-refractivity contribution in [2.45, 2.75) is 44.2 Å². The van der Waals surface area contributed by atoms with Gasteiger partial charge in [0.25, 0.3) is 0 Å². The molecule has 1 atom stereocenters. The minimum absolute atomic E-state index is 0.141. The first-order chi connectivity index (χ1) is 9.13. The van der Waals surface area contributed by atoms with E-state index in [-0.39, 0.29) is 12.0 Å². The number of ether oxygens (including phenoxy) is 1. The summed E-state index contributed by atoms with van der Waals surface area (Å²) in [7, 11) is 2.09. The van der Waals surface area contributed by atoms with E-state index in [0.29, 0.717) is 24.9 Å². The Balaban J connectivity index is 1.61. The number of hydrogen-bond donors (Lipinski definition) is 2. The first-order valence-corrected chi connectivity index (χ1v) is 7.46. The number of carbonyl (C=O) groups is 1. The summed E-state index contributed by atoms with van der Waals surface area (Å²) in [5.41, 5.74) is 5.88. The van der Waals surface area contributed by atoms with Crippen molar-refractivity contribution in [1.29, 1.82) is 0 Å². The summed E-state index contributed by atoms with van der Waals surface area (Å²) in [5.74, 6) is 0.687. The van der Waals surface area contributed by atoms with Gasteiger partial charge in [0.15, 0.2) is 0 Å². The summed E-state index contributed by atoms with van der Waals surface area (Å²) in [6.07, 6.45) is 5.11. The van der Waals surface area contributed by atoms with Crippen LogP contribution in [0.5, 0.6) is 0 Å². The summed E-state index contributed by atoms with van der Waals surface area (Å²) < 4.78 is 5.63. The third kappa shape index (κ3) is 5.09. The fourth-order valence-electron chi connectivity index (χ4n) is 2.94. The monoisotopic (exact) mass is 269 g/mol. The summed E-state index contributed by atoms with van der Waals surface area (Å²) >= 11 is 0. The van der Waals surface area contributed by atoms with Crippen LogP contribution in [0.3, 0.4) is 0 Å². The van der Waals surface area contributed by atoms with Crippen molar-refractivity contribution in [1.82, 2.24) is 10.2 Å². The molecule has 0 aromatic carbocycles. The average molecular weight is 269 g/mol. The van der Waals surface area contributed by atoms with E-state index in [4.69, 9.17) is 10.5 Å². The van der Waals surface area contributed by atoms with E-state index >= 15 is 0 Å². The molecular formula is C14H27N3O2. The zero-order valence-electron chi connectivity index (χ0n) is 11.9. The molecule has 2 rings (SSSR count). The van der Waals surface area contributed by atoms with E-state index in [0.717, 1.165) is 45.4 Å². The molecule has 110 valence electrons. The predicted molar refractivity (Wildman–Crippen MR) is 74.8 cm³/mol. The van der Waals surface area contributed by atoms with Crippen LogP contribution in [-0.2, 0) is 9.53 Å². The molecule has 3 N–H and O–H groups in total. The Kier molecular flexibility index (Phi) is 5.60. The molecule has 5 nitrogen and oxygen atoms in total. The highest BCUT2D eigenvalue weighted by Crippen LogP contribution is 2.25. The van der Waals surface area contributed by atoms with Crippen LogP contribution >= 0.6 is 0 Å². The Morgan fingerprint density at radius 2 is 2.11 bits per heavy atom. The number of hydrogen-bond acceptors (Lipinski definition) is 4. The molecule has 0 bridgehead atoms. The Hall–Kier alpha value is -0.650. The van der Waals surface area contributed by atoms with Crippen LogP contribution in [0.4, 0.5) is 0 Å². The van der Waals surface area contributed by atoms with Crippen molar-refractivity contribution < 1.29 is 9.53 Å². The van der Waals surface area contributed by atoms with Crippen LogP contribution in [0.25, 0.3) is 0 Å². The quantitative estimate of drug-likeness (QED) is 0.772. The zero-order chi connectivity index (χ0) is 13.7. The molecule has 1 aliphatic heterocycles. The van der Waals surface area contributed by atoms with E-state index in [1.807, 2.05) is 0 Å². The van der Waals surface area contributed by atoms with Crippen LogP contribution in [0.2, 0.25) is 0 Å². The smallest absolute Gasteiger partial charge is 0.220 e. The molecule has 0 aromatic heterocycles. The molecule has 5 heteroatoms. The third-order valence-electron chi connectivity index (χ3n) is 4.23. The minimum atomic E-state index is 0.141. The molecule has 0 spiro atoms. The van der Waals surface area contributed by atoms with Crippen LogP contribution in [-0.4, -0.2) is 56.2 Å². The molecule has 1 unspecified atom stereocenters. The molecule has 2 fully saturated rings. The largest absolute Gasteiger partial charge is 0.374 e. The van der Waals surface area contributed by atoms with Crippen molar-refractivity contribution in [2.24, 2.45) is 11.7 Å². The highest BCUT2D eigenvalue weighted by atomic mass is 16.5. The van der Waals surface area contributed by atoms with E-state index in [2.05, 4.69) is 17.3 Å². The lowest BCUT2D eigenvalue weighted by Gasteiger charge is -2.30. The van der Waals surface area contributed by atoms with E-state index in [9.17, 15) is 4.79 Å². The van der Waals surface area contributed by atoms with Gasteiger partial charge in [-0.25, -0.2) is 0 Å². The average Bonchev–Trinajstić information content (AvgIpc) is 2.39. The first-order valence-electron chi connectivity index (χ1n) is 7.46. The molecule has 0 aromatic rings.